The maximum absolute atomic E-state index is 11.8. The predicted octanol–water partition coefficient (Wildman–Crippen LogP) is 21.0. The first-order valence-corrected chi connectivity index (χ1v) is 30.5. The number of benzene rings is 12. The molecule has 0 spiro atoms. The summed E-state index contributed by atoms with van der Waals surface area (Å²) in [6.45, 7) is 31.5. The molecule has 0 aliphatic rings. The number of nitriles is 5. The highest BCUT2D eigenvalue weighted by atomic mass is 15.1. The molecule has 14 nitrogen and oxygen atoms in total. The Morgan fingerprint density at radius 2 is 0.633 bits per heavy atom. The van der Waals surface area contributed by atoms with Gasteiger partial charge in [-0.05, 0) is 171 Å². The summed E-state index contributed by atoms with van der Waals surface area (Å²) in [5.74, 6) is 1.23. The third kappa shape index (κ3) is 10.4. The van der Waals surface area contributed by atoms with E-state index in [1.807, 2.05) is 170 Å². The van der Waals surface area contributed by atoms with Crippen LogP contribution in [0, 0.1) is 82.9 Å². The quantitative estimate of drug-likeness (QED) is 0.121. The first kappa shape index (κ1) is 59.0. The van der Waals surface area contributed by atoms with Crippen LogP contribution in [0.2, 0.25) is 0 Å². The van der Waals surface area contributed by atoms with Gasteiger partial charge in [0.2, 0.25) is 0 Å². The van der Waals surface area contributed by atoms with E-state index in [1.165, 1.54) is 0 Å². The number of hydrogen-bond acceptors (Lipinski definition) is 8. The van der Waals surface area contributed by atoms with Crippen LogP contribution < -0.4 is 0 Å². The number of rotatable bonds is 10. The van der Waals surface area contributed by atoms with Gasteiger partial charge < -0.3 is 9.13 Å². The van der Waals surface area contributed by atoms with Gasteiger partial charge in [0, 0.05) is 54.9 Å². The van der Waals surface area contributed by atoms with Crippen LogP contribution >= 0.6 is 0 Å². The summed E-state index contributed by atoms with van der Waals surface area (Å²) in [7, 11) is 0. The zero-order valence-electron chi connectivity index (χ0n) is 51.4. The van der Waals surface area contributed by atoms with Crippen LogP contribution in [0.15, 0.2) is 243 Å². The predicted molar refractivity (Wildman–Crippen MR) is 381 cm³/mol. The normalized spacial score (nSPS) is 10.8. The van der Waals surface area contributed by atoms with Crippen molar-refractivity contribution >= 4 is 66.4 Å². The Morgan fingerprint density at radius 1 is 0.265 bits per heavy atom. The van der Waals surface area contributed by atoms with Crippen molar-refractivity contribution in [2.24, 2.45) is 0 Å². The Kier molecular flexibility index (Phi) is 14.7. The van der Waals surface area contributed by atoms with E-state index >= 15 is 0 Å². The molecule has 0 aliphatic heterocycles. The zero-order chi connectivity index (χ0) is 67.1. The lowest BCUT2D eigenvalue weighted by Gasteiger charge is -2.18. The molecule has 0 saturated carbocycles. The van der Waals surface area contributed by atoms with Gasteiger partial charge in [-0.3, -0.25) is 0 Å². The van der Waals surface area contributed by atoms with Gasteiger partial charge in [0.05, 0.1) is 101 Å². The molecule has 15 aromatic rings. The molecular formula is C84H40N14. The SMILES string of the molecule is [C-]#[N+]c1cc(C#N)cc(-c2ccc3c(c2)c2cc(-c4cc(C#N)cc(C#N)c4)ccc2n3-c2cc(-c3cccc(-n4c5ccc(-c6cc(C#N)cc([N+]#[C-])c6)cc5c5cc(-c6cc([N+]#[C-])cc([N+]#[C-])c6)ccc54)c3C#N)ccc2-c2nc(-c3ccccc3)nc(-c3ccccc3)n2)c1. The molecule has 0 unspecified atom stereocenters. The van der Waals surface area contributed by atoms with Crippen molar-refractivity contribution < 1.29 is 0 Å². The first-order chi connectivity index (χ1) is 48.1. The third-order valence-electron chi connectivity index (χ3n) is 17.5. The van der Waals surface area contributed by atoms with E-state index in [0.29, 0.717) is 118 Å². The standard InChI is InChI=1S/C84H40N14/c1-90-65-33-52(47-87)31-62(35-65)57-20-24-77-71(40-57)72-42-59(64-37-67(92-3)44-68(38-64)93-4)22-25-78(72)97(77)76-17-11-16-69(75(76)49-89)60-18-23-70(84-95-82(54-12-7-5-8-13-54)94-83(96-84)55-14-9-6-10-15-55)81(43-60)98-79-26-19-56(61-29-50(45-85)28-51(30-61)46-86)39-73(79)74-41-58(21-27-80(74)98)63-32-53(48-88)34-66(36-63)91-2/h5-44H. The third-order valence-corrected chi connectivity index (χ3v) is 17.5. The Labute approximate surface area is 561 Å². The van der Waals surface area contributed by atoms with Crippen LogP contribution in [-0.4, -0.2) is 24.1 Å². The van der Waals surface area contributed by atoms with Crippen molar-refractivity contribution in [3.8, 4) is 132 Å². The lowest BCUT2D eigenvalue weighted by atomic mass is 9.96. The van der Waals surface area contributed by atoms with Gasteiger partial charge >= 0.3 is 0 Å². The molecule has 0 fully saturated rings. The minimum Gasteiger partial charge on any atom is -0.308 e. The van der Waals surface area contributed by atoms with Gasteiger partial charge in [-0.25, -0.2) is 34.3 Å². The lowest BCUT2D eigenvalue weighted by molar-refractivity contribution is 1.06. The fourth-order valence-electron chi connectivity index (χ4n) is 13.0. The van der Waals surface area contributed by atoms with Crippen LogP contribution in [0.25, 0.3) is 164 Å². The van der Waals surface area contributed by atoms with Gasteiger partial charge in [0.25, 0.3) is 0 Å². The molecule has 12 aromatic carbocycles. The molecule has 14 heteroatoms. The minimum absolute atomic E-state index is 0.313. The molecule has 0 bridgehead atoms. The summed E-state index contributed by atoms with van der Waals surface area (Å²) < 4.78 is 4.21. The molecule has 0 saturated heterocycles. The van der Waals surface area contributed by atoms with Crippen molar-refractivity contribution in [2.75, 3.05) is 0 Å². The highest BCUT2D eigenvalue weighted by Gasteiger charge is 2.25. The van der Waals surface area contributed by atoms with Crippen molar-refractivity contribution in [2.45, 2.75) is 0 Å². The van der Waals surface area contributed by atoms with Crippen LogP contribution in [0.5, 0.6) is 0 Å². The second kappa shape index (κ2) is 24.4. The number of hydrogen-bond donors (Lipinski definition) is 0. The fraction of sp³-hybridized carbons (Fsp3) is 0. The average Bonchev–Trinajstić information content (AvgIpc) is 1.57. The molecule has 3 heterocycles. The van der Waals surface area contributed by atoms with E-state index in [4.69, 9.17) is 41.2 Å². The Bertz CT molecular complexity index is 5920. The van der Waals surface area contributed by atoms with Gasteiger partial charge in [0.1, 0.15) is 6.07 Å². The van der Waals surface area contributed by atoms with Crippen LogP contribution in [0.4, 0.5) is 22.7 Å². The van der Waals surface area contributed by atoms with Crippen molar-refractivity contribution in [1.82, 2.24) is 24.1 Å². The molecule has 0 aliphatic carbocycles. The lowest BCUT2D eigenvalue weighted by Crippen LogP contribution is -2.04. The summed E-state index contributed by atoms with van der Waals surface area (Å²) in [6.07, 6.45) is 0. The maximum atomic E-state index is 11.8. The van der Waals surface area contributed by atoms with E-state index in [0.717, 1.165) is 77.0 Å². The highest BCUT2D eigenvalue weighted by molar-refractivity contribution is 6.14. The second-order valence-corrected chi connectivity index (χ2v) is 23.1. The first-order valence-electron chi connectivity index (χ1n) is 30.5. The summed E-state index contributed by atoms with van der Waals surface area (Å²) in [5, 5.41) is 55.5. The Balaban J connectivity index is 1.00. The molecule has 98 heavy (non-hydrogen) atoms. The molecule has 3 aromatic heterocycles. The van der Waals surface area contributed by atoms with Gasteiger partial charge in [0.15, 0.2) is 40.2 Å². The molecule has 0 amide bonds. The van der Waals surface area contributed by atoms with E-state index in [9.17, 15) is 26.3 Å². The van der Waals surface area contributed by atoms with Crippen LogP contribution in [0.3, 0.4) is 0 Å². The number of fused-ring (bicyclic) bond motifs is 6. The smallest absolute Gasteiger partial charge is 0.189 e. The van der Waals surface area contributed by atoms with Crippen LogP contribution in [0.1, 0.15) is 27.8 Å². The molecule has 0 atom stereocenters. The van der Waals surface area contributed by atoms with E-state index < -0.39 is 0 Å². The zero-order valence-corrected chi connectivity index (χ0v) is 51.4. The summed E-state index contributed by atoms with van der Waals surface area (Å²) in [4.78, 5) is 30.4. The van der Waals surface area contributed by atoms with E-state index in [-0.39, 0.29) is 0 Å². The monoisotopic (exact) mass is 1240 g/mol. The Morgan fingerprint density at radius 3 is 1.04 bits per heavy atom. The Hall–Kier alpha value is -15.3. The molecular weight excluding hydrogens is 1210 g/mol. The average molecular weight is 1250 g/mol. The van der Waals surface area contributed by atoms with Gasteiger partial charge in [-0.1, -0.05) is 121 Å². The van der Waals surface area contributed by atoms with Gasteiger partial charge in [-0.2, -0.15) is 26.3 Å². The summed E-state index contributed by atoms with van der Waals surface area (Å²) >= 11 is 0. The fourth-order valence-corrected chi connectivity index (χ4v) is 13.0. The largest absolute Gasteiger partial charge is 0.308 e. The van der Waals surface area contributed by atoms with Gasteiger partial charge in [-0.15, -0.1) is 0 Å². The molecule has 0 radical (unpaired) electrons. The van der Waals surface area contributed by atoms with E-state index in [1.54, 1.807) is 72.8 Å². The molecule has 0 N–H and O–H groups in total. The highest BCUT2D eigenvalue weighted by Crippen LogP contribution is 2.45. The summed E-state index contributed by atoms with van der Waals surface area (Å²) in [6, 6.07) is 86.8. The van der Waals surface area contributed by atoms with Crippen molar-refractivity contribution in [3.05, 3.63) is 316 Å². The topological polar surface area (TPSA) is 185 Å². The van der Waals surface area contributed by atoms with Crippen molar-refractivity contribution in [3.63, 3.8) is 0 Å². The summed E-state index contributed by atoms with van der Waals surface area (Å²) in [5.41, 5.74) is 16.2. The second-order valence-electron chi connectivity index (χ2n) is 23.1. The molecule has 446 valence electrons. The maximum Gasteiger partial charge on any atom is 0.189 e. The van der Waals surface area contributed by atoms with Crippen LogP contribution in [-0.2, 0) is 0 Å². The van der Waals surface area contributed by atoms with Crippen molar-refractivity contribution in [1.29, 1.82) is 26.3 Å². The molecule has 15 rings (SSSR count). The van der Waals surface area contributed by atoms with E-state index in [2.05, 4.69) is 58.9 Å². The number of aromatic nitrogens is 5. The minimum atomic E-state index is 0.313. The number of nitrogens with zero attached hydrogens (tertiary/aromatic N) is 14.